The maximum atomic E-state index is 12.5. The molecule has 7 heteroatoms. The second-order valence-electron chi connectivity index (χ2n) is 4.45. The molecule has 1 amide bonds. The quantitative estimate of drug-likeness (QED) is 0.878. The zero-order chi connectivity index (χ0) is 14.7. The number of carbonyl (C=O) groups is 2. The summed E-state index contributed by atoms with van der Waals surface area (Å²) >= 11 is 11.1. The van der Waals surface area contributed by atoms with Crippen molar-refractivity contribution in [1.29, 1.82) is 0 Å². The SMILES string of the molecule is O=C(O)CC1CSCCN1C(=O)c1ccc(Br)cc1Cl. The fourth-order valence-electron chi connectivity index (χ4n) is 2.11. The molecule has 4 nitrogen and oxygen atoms in total. The summed E-state index contributed by atoms with van der Waals surface area (Å²) in [6.07, 6.45) is -0.0348. The molecule has 0 aliphatic carbocycles. The number of rotatable bonds is 3. The number of carboxylic acid groups (broad SMARTS) is 1. The molecule has 1 aliphatic rings. The Hall–Kier alpha value is -0.720. The van der Waals surface area contributed by atoms with Gasteiger partial charge in [0.1, 0.15) is 0 Å². The minimum absolute atomic E-state index is 0.0348. The zero-order valence-electron chi connectivity index (χ0n) is 10.5. The van der Waals surface area contributed by atoms with E-state index in [1.54, 1.807) is 34.9 Å². The van der Waals surface area contributed by atoms with Crippen LogP contribution in [-0.4, -0.2) is 46.0 Å². The van der Waals surface area contributed by atoms with Gasteiger partial charge in [-0.1, -0.05) is 27.5 Å². The fraction of sp³-hybridized carbons (Fsp3) is 0.385. The van der Waals surface area contributed by atoms with E-state index in [0.29, 0.717) is 22.9 Å². The van der Waals surface area contributed by atoms with Crippen LogP contribution in [0.5, 0.6) is 0 Å². The first kappa shape index (κ1) is 15.7. The zero-order valence-corrected chi connectivity index (χ0v) is 13.7. The van der Waals surface area contributed by atoms with E-state index in [-0.39, 0.29) is 18.4 Å². The highest BCUT2D eigenvalue weighted by atomic mass is 79.9. The van der Waals surface area contributed by atoms with Gasteiger partial charge in [0.15, 0.2) is 0 Å². The number of hydrogen-bond acceptors (Lipinski definition) is 3. The van der Waals surface area contributed by atoms with Crippen LogP contribution in [0.15, 0.2) is 22.7 Å². The van der Waals surface area contributed by atoms with Gasteiger partial charge in [0, 0.05) is 22.5 Å². The van der Waals surface area contributed by atoms with Gasteiger partial charge in [0.2, 0.25) is 0 Å². The molecular formula is C13H13BrClNO3S. The summed E-state index contributed by atoms with van der Waals surface area (Å²) in [6.45, 7) is 0.549. The first-order valence-electron chi connectivity index (χ1n) is 6.04. The van der Waals surface area contributed by atoms with Crippen LogP contribution in [0.1, 0.15) is 16.8 Å². The third-order valence-corrected chi connectivity index (χ3v) is 4.96. The molecule has 1 saturated heterocycles. The van der Waals surface area contributed by atoms with Crippen molar-refractivity contribution in [3.63, 3.8) is 0 Å². The molecule has 0 aromatic heterocycles. The molecular weight excluding hydrogens is 366 g/mol. The normalized spacial score (nSPS) is 18.9. The molecule has 1 aromatic rings. The minimum atomic E-state index is -0.891. The van der Waals surface area contributed by atoms with Crippen molar-refractivity contribution in [2.75, 3.05) is 18.1 Å². The lowest BCUT2D eigenvalue weighted by Gasteiger charge is -2.34. The van der Waals surface area contributed by atoms with Gasteiger partial charge in [-0.3, -0.25) is 9.59 Å². The highest BCUT2D eigenvalue weighted by Crippen LogP contribution is 2.26. The van der Waals surface area contributed by atoms with Gasteiger partial charge < -0.3 is 10.0 Å². The van der Waals surface area contributed by atoms with Gasteiger partial charge in [-0.2, -0.15) is 11.8 Å². The van der Waals surface area contributed by atoms with Gasteiger partial charge in [0.25, 0.3) is 5.91 Å². The number of nitrogens with zero attached hydrogens (tertiary/aromatic N) is 1. The predicted molar refractivity (Wildman–Crippen MR) is 83.6 cm³/mol. The molecule has 2 rings (SSSR count). The Labute approximate surface area is 134 Å². The second kappa shape index (κ2) is 6.83. The Morgan fingerprint density at radius 1 is 1.50 bits per heavy atom. The van der Waals surface area contributed by atoms with Gasteiger partial charge in [-0.05, 0) is 18.2 Å². The molecule has 1 heterocycles. The van der Waals surface area contributed by atoms with E-state index in [1.807, 2.05) is 0 Å². The monoisotopic (exact) mass is 377 g/mol. The van der Waals surface area contributed by atoms with E-state index in [2.05, 4.69) is 15.9 Å². The molecule has 108 valence electrons. The summed E-state index contributed by atoms with van der Waals surface area (Å²) in [5.41, 5.74) is 0.414. The average molecular weight is 379 g/mol. The van der Waals surface area contributed by atoms with Crippen LogP contribution in [0.2, 0.25) is 5.02 Å². The lowest BCUT2D eigenvalue weighted by atomic mass is 10.1. The number of carbonyl (C=O) groups excluding carboxylic acids is 1. The smallest absolute Gasteiger partial charge is 0.305 e. The largest absolute Gasteiger partial charge is 0.481 e. The maximum Gasteiger partial charge on any atom is 0.305 e. The number of hydrogen-bond donors (Lipinski definition) is 1. The van der Waals surface area contributed by atoms with Crippen molar-refractivity contribution in [1.82, 2.24) is 4.90 Å². The molecule has 1 fully saturated rings. The van der Waals surface area contributed by atoms with Crippen LogP contribution < -0.4 is 0 Å². The van der Waals surface area contributed by atoms with Gasteiger partial charge in [-0.25, -0.2) is 0 Å². The highest BCUT2D eigenvalue weighted by molar-refractivity contribution is 9.10. The van der Waals surface area contributed by atoms with Crippen molar-refractivity contribution in [2.24, 2.45) is 0 Å². The van der Waals surface area contributed by atoms with E-state index < -0.39 is 5.97 Å². The van der Waals surface area contributed by atoms with Crippen LogP contribution in [0, 0.1) is 0 Å². The molecule has 1 atom stereocenters. The first-order valence-corrected chi connectivity index (χ1v) is 8.37. The molecule has 20 heavy (non-hydrogen) atoms. The van der Waals surface area contributed by atoms with E-state index in [9.17, 15) is 9.59 Å². The number of aliphatic carboxylic acids is 1. The van der Waals surface area contributed by atoms with Crippen molar-refractivity contribution in [3.05, 3.63) is 33.3 Å². The number of thioether (sulfide) groups is 1. The Morgan fingerprint density at radius 2 is 2.25 bits per heavy atom. The van der Waals surface area contributed by atoms with Crippen molar-refractivity contribution in [2.45, 2.75) is 12.5 Å². The number of benzene rings is 1. The average Bonchev–Trinajstić information content (AvgIpc) is 2.38. The Balaban J connectivity index is 2.22. The predicted octanol–water partition coefficient (Wildman–Crippen LogP) is 3.13. The van der Waals surface area contributed by atoms with Crippen LogP contribution in [0.3, 0.4) is 0 Å². The molecule has 1 unspecified atom stereocenters. The summed E-state index contributed by atoms with van der Waals surface area (Å²) < 4.78 is 0.801. The molecule has 1 N–H and O–H groups in total. The number of carboxylic acids is 1. The van der Waals surface area contributed by atoms with Gasteiger partial charge in [-0.15, -0.1) is 0 Å². The highest BCUT2D eigenvalue weighted by Gasteiger charge is 2.30. The third kappa shape index (κ3) is 3.68. The van der Waals surface area contributed by atoms with E-state index >= 15 is 0 Å². The lowest BCUT2D eigenvalue weighted by molar-refractivity contribution is -0.138. The summed E-state index contributed by atoms with van der Waals surface area (Å²) in [5.74, 6) is 0.369. The number of amides is 1. The second-order valence-corrected chi connectivity index (χ2v) is 6.92. The van der Waals surface area contributed by atoms with E-state index in [0.717, 1.165) is 10.2 Å². The minimum Gasteiger partial charge on any atom is -0.481 e. The third-order valence-electron chi connectivity index (χ3n) is 3.06. The Bertz CT molecular complexity index is 540. The van der Waals surface area contributed by atoms with Gasteiger partial charge in [0.05, 0.1) is 23.0 Å². The van der Waals surface area contributed by atoms with Crippen LogP contribution in [0.4, 0.5) is 0 Å². The van der Waals surface area contributed by atoms with Crippen LogP contribution in [0.25, 0.3) is 0 Å². The first-order chi connectivity index (χ1) is 9.49. The summed E-state index contributed by atoms with van der Waals surface area (Å²) in [6, 6.07) is 4.80. The van der Waals surface area contributed by atoms with E-state index in [4.69, 9.17) is 16.7 Å². The molecule has 0 saturated carbocycles. The standard InChI is InChI=1S/C13H13BrClNO3S/c14-8-1-2-10(11(15)5-8)13(19)16-3-4-20-7-9(16)6-12(17)18/h1-2,5,9H,3-4,6-7H2,(H,17,18). The van der Waals surface area contributed by atoms with Crippen LogP contribution in [-0.2, 0) is 4.79 Å². The fourth-order valence-corrected chi connectivity index (χ4v) is 3.93. The summed E-state index contributed by atoms with van der Waals surface area (Å²) in [7, 11) is 0. The molecule has 1 aliphatic heterocycles. The van der Waals surface area contributed by atoms with Crippen molar-refractivity contribution < 1.29 is 14.7 Å². The molecule has 1 aromatic carbocycles. The summed E-state index contributed by atoms with van der Waals surface area (Å²) in [5, 5.41) is 9.32. The Kier molecular flexibility index (Phi) is 5.35. The summed E-state index contributed by atoms with van der Waals surface area (Å²) in [4.78, 5) is 25.1. The van der Waals surface area contributed by atoms with Gasteiger partial charge >= 0.3 is 5.97 Å². The Morgan fingerprint density at radius 3 is 2.90 bits per heavy atom. The topological polar surface area (TPSA) is 57.6 Å². The number of halogens is 2. The van der Waals surface area contributed by atoms with Crippen molar-refractivity contribution in [3.8, 4) is 0 Å². The van der Waals surface area contributed by atoms with Crippen molar-refractivity contribution >= 4 is 51.2 Å². The van der Waals surface area contributed by atoms with Crippen LogP contribution >= 0.6 is 39.3 Å². The lowest BCUT2D eigenvalue weighted by Crippen LogP contribution is -2.47. The molecule has 0 radical (unpaired) electrons. The van der Waals surface area contributed by atoms with E-state index in [1.165, 1.54) is 0 Å². The molecule has 0 spiro atoms. The molecule has 0 bridgehead atoms. The maximum absolute atomic E-state index is 12.5.